The minimum atomic E-state index is -0.0417. The van der Waals surface area contributed by atoms with Gasteiger partial charge in [0.05, 0.1) is 10.8 Å². The Hall–Kier alpha value is -0.620. The zero-order chi connectivity index (χ0) is 13.8. The summed E-state index contributed by atoms with van der Waals surface area (Å²) in [5.74, 6) is 1.06. The topological polar surface area (TPSA) is 42.9 Å². The molecule has 2 rings (SSSR count). The summed E-state index contributed by atoms with van der Waals surface area (Å²) in [6.45, 7) is 2.00. The number of Topliss-reactive ketones (excluding diaryl/α,β-unsaturated/α-hetero) is 1. The van der Waals surface area contributed by atoms with Crippen molar-refractivity contribution < 1.29 is 4.79 Å². The van der Waals surface area contributed by atoms with E-state index in [1.807, 2.05) is 6.92 Å². The first-order valence-electron chi connectivity index (χ1n) is 5.53. The van der Waals surface area contributed by atoms with Crippen molar-refractivity contribution in [3.05, 3.63) is 39.6 Å². The highest BCUT2D eigenvalue weighted by molar-refractivity contribution is 8.01. The van der Waals surface area contributed by atoms with Crippen molar-refractivity contribution in [2.75, 3.05) is 5.75 Å². The molecular weight excluding hydrogens is 323 g/mol. The van der Waals surface area contributed by atoms with Crippen LogP contribution >= 0.6 is 46.5 Å². The van der Waals surface area contributed by atoms with Crippen molar-refractivity contribution in [3.8, 4) is 0 Å². The van der Waals surface area contributed by atoms with Gasteiger partial charge in [0.25, 0.3) is 0 Å². The number of benzene rings is 1. The van der Waals surface area contributed by atoms with Gasteiger partial charge in [-0.05, 0) is 29.7 Å². The molecule has 2 aromatic rings. The lowest BCUT2D eigenvalue weighted by molar-refractivity contribution is 0.102. The molecular formula is C12H10Cl2N2OS2. The Morgan fingerprint density at radius 2 is 2.21 bits per heavy atom. The highest BCUT2D eigenvalue weighted by Gasteiger charge is 2.12. The van der Waals surface area contributed by atoms with E-state index in [0.29, 0.717) is 21.4 Å². The molecule has 0 radical (unpaired) electrons. The Labute approximate surface area is 129 Å². The summed E-state index contributed by atoms with van der Waals surface area (Å²) in [6.07, 6.45) is 0.800. The number of hydrogen-bond donors (Lipinski definition) is 0. The summed E-state index contributed by atoms with van der Waals surface area (Å²) in [7, 11) is 0. The molecule has 0 saturated carbocycles. The standard InChI is InChI=1S/C12H10Cl2N2OS2/c1-2-11-15-12(19-16-11)18-6-10(17)8-4-3-7(13)5-9(8)14/h3-5H,2,6H2,1H3. The maximum atomic E-state index is 12.0. The Kier molecular flexibility index (Phi) is 5.21. The van der Waals surface area contributed by atoms with E-state index in [1.54, 1.807) is 18.2 Å². The molecule has 7 heteroatoms. The minimum Gasteiger partial charge on any atom is -0.293 e. The maximum absolute atomic E-state index is 12.0. The summed E-state index contributed by atoms with van der Waals surface area (Å²) in [4.78, 5) is 16.3. The average Bonchev–Trinajstić information content (AvgIpc) is 2.84. The minimum absolute atomic E-state index is 0.0417. The zero-order valence-electron chi connectivity index (χ0n) is 10.0. The third-order valence-corrected chi connectivity index (χ3v) is 4.74. The van der Waals surface area contributed by atoms with E-state index in [2.05, 4.69) is 9.36 Å². The molecule has 0 amide bonds. The van der Waals surface area contributed by atoms with Crippen LogP contribution in [0.5, 0.6) is 0 Å². The first kappa shape index (κ1) is 14.8. The van der Waals surface area contributed by atoms with Crippen LogP contribution < -0.4 is 0 Å². The Balaban J connectivity index is 2.01. The second kappa shape index (κ2) is 6.70. The van der Waals surface area contributed by atoms with Crippen molar-refractivity contribution >= 4 is 52.3 Å². The van der Waals surface area contributed by atoms with Crippen molar-refractivity contribution in [1.29, 1.82) is 0 Å². The van der Waals surface area contributed by atoms with E-state index in [1.165, 1.54) is 23.3 Å². The summed E-state index contributed by atoms with van der Waals surface area (Å²) < 4.78 is 4.97. The third-order valence-electron chi connectivity index (χ3n) is 2.32. The van der Waals surface area contributed by atoms with Gasteiger partial charge in [0.1, 0.15) is 5.82 Å². The quantitative estimate of drug-likeness (QED) is 0.601. The van der Waals surface area contributed by atoms with Crippen LogP contribution in [0.4, 0.5) is 0 Å². The van der Waals surface area contributed by atoms with Gasteiger partial charge in [0.15, 0.2) is 10.1 Å². The van der Waals surface area contributed by atoms with Gasteiger partial charge < -0.3 is 0 Å². The normalized spacial score (nSPS) is 10.7. The van der Waals surface area contributed by atoms with Gasteiger partial charge in [0.2, 0.25) is 0 Å². The number of ketones is 1. The molecule has 0 unspecified atom stereocenters. The molecule has 0 N–H and O–H groups in total. The Bertz CT molecular complexity index is 601. The van der Waals surface area contributed by atoms with Crippen LogP contribution in [0, 0.1) is 0 Å². The Morgan fingerprint density at radius 1 is 1.42 bits per heavy atom. The molecule has 19 heavy (non-hydrogen) atoms. The average molecular weight is 333 g/mol. The number of thioether (sulfide) groups is 1. The zero-order valence-corrected chi connectivity index (χ0v) is 13.2. The molecule has 1 aromatic heterocycles. The van der Waals surface area contributed by atoms with Crippen molar-refractivity contribution in [2.45, 2.75) is 17.7 Å². The molecule has 3 nitrogen and oxygen atoms in total. The van der Waals surface area contributed by atoms with Gasteiger partial charge in [-0.1, -0.05) is 41.9 Å². The number of halogens is 2. The first-order chi connectivity index (χ1) is 9.10. The molecule has 100 valence electrons. The summed E-state index contributed by atoms with van der Waals surface area (Å²) in [5, 5.41) is 0.899. The number of rotatable bonds is 5. The SMILES string of the molecule is CCc1nsc(SCC(=O)c2ccc(Cl)cc2Cl)n1. The second-order valence-electron chi connectivity index (χ2n) is 3.67. The van der Waals surface area contributed by atoms with Crippen LogP contribution in [-0.4, -0.2) is 20.9 Å². The molecule has 0 bridgehead atoms. The fraction of sp³-hybridized carbons (Fsp3) is 0.250. The summed E-state index contributed by atoms with van der Waals surface area (Å²) >= 11 is 14.5. The molecule has 1 aromatic carbocycles. The van der Waals surface area contributed by atoms with Gasteiger partial charge in [-0.2, -0.15) is 4.37 Å². The van der Waals surface area contributed by atoms with Crippen molar-refractivity contribution in [3.63, 3.8) is 0 Å². The smallest absolute Gasteiger partial charge is 0.174 e. The number of nitrogens with zero attached hydrogens (tertiary/aromatic N) is 2. The fourth-order valence-electron chi connectivity index (χ4n) is 1.36. The number of hydrogen-bond acceptors (Lipinski definition) is 5. The third kappa shape index (κ3) is 3.92. The lowest BCUT2D eigenvalue weighted by Gasteiger charge is -2.02. The van der Waals surface area contributed by atoms with Gasteiger partial charge in [0, 0.05) is 17.0 Å². The van der Waals surface area contributed by atoms with Crippen molar-refractivity contribution in [1.82, 2.24) is 9.36 Å². The van der Waals surface area contributed by atoms with E-state index in [0.717, 1.165) is 16.6 Å². The molecule has 1 heterocycles. The van der Waals surface area contributed by atoms with Crippen molar-refractivity contribution in [2.24, 2.45) is 0 Å². The summed E-state index contributed by atoms with van der Waals surface area (Å²) in [6, 6.07) is 4.87. The molecule has 0 aliphatic carbocycles. The molecule has 0 atom stereocenters. The summed E-state index contributed by atoms with van der Waals surface area (Å²) in [5.41, 5.74) is 0.485. The molecule has 0 saturated heterocycles. The molecule has 0 aliphatic rings. The Morgan fingerprint density at radius 3 is 2.84 bits per heavy atom. The number of aromatic nitrogens is 2. The number of carbonyl (C=O) groups excluding carboxylic acids is 1. The molecule has 0 fully saturated rings. The number of aryl methyl sites for hydroxylation is 1. The highest BCUT2D eigenvalue weighted by atomic mass is 35.5. The predicted molar refractivity (Wildman–Crippen MR) is 80.8 cm³/mol. The lowest BCUT2D eigenvalue weighted by atomic mass is 10.1. The monoisotopic (exact) mass is 332 g/mol. The predicted octanol–water partition coefficient (Wildman–Crippen LogP) is 4.38. The van der Waals surface area contributed by atoms with Gasteiger partial charge in [-0.3, -0.25) is 4.79 Å². The van der Waals surface area contributed by atoms with E-state index >= 15 is 0 Å². The van der Waals surface area contributed by atoms with E-state index in [9.17, 15) is 4.79 Å². The van der Waals surface area contributed by atoms with Crippen LogP contribution in [0.15, 0.2) is 22.5 Å². The van der Waals surface area contributed by atoms with Crippen LogP contribution in [0.3, 0.4) is 0 Å². The van der Waals surface area contributed by atoms with Gasteiger partial charge in [-0.15, -0.1) is 0 Å². The van der Waals surface area contributed by atoms with E-state index in [-0.39, 0.29) is 5.78 Å². The van der Waals surface area contributed by atoms with Gasteiger partial charge in [-0.25, -0.2) is 4.98 Å². The first-order valence-corrected chi connectivity index (χ1v) is 8.05. The van der Waals surface area contributed by atoms with Crippen LogP contribution in [0.2, 0.25) is 10.0 Å². The van der Waals surface area contributed by atoms with Crippen LogP contribution in [0.1, 0.15) is 23.1 Å². The number of carbonyl (C=O) groups is 1. The fourth-order valence-corrected chi connectivity index (χ4v) is 3.45. The maximum Gasteiger partial charge on any atom is 0.174 e. The molecule has 0 spiro atoms. The highest BCUT2D eigenvalue weighted by Crippen LogP contribution is 2.25. The lowest BCUT2D eigenvalue weighted by Crippen LogP contribution is -2.03. The van der Waals surface area contributed by atoms with Crippen LogP contribution in [-0.2, 0) is 6.42 Å². The van der Waals surface area contributed by atoms with Crippen LogP contribution in [0.25, 0.3) is 0 Å². The van der Waals surface area contributed by atoms with E-state index in [4.69, 9.17) is 23.2 Å². The van der Waals surface area contributed by atoms with Gasteiger partial charge >= 0.3 is 0 Å². The largest absolute Gasteiger partial charge is 0.293 e. The second-order valence-corrected chi connectivity index (χ2v) is 6.48. The molecule has 0 aliphatic heterocycles. The van der Waals surface area contributed by atoms with E-state index < -0.39 is 0 Å².